The van der Waals surface area contributed by atoms with Gasteiger partial charge in [-0.1, -0.05) is 0 Å². The van der Waals surface area contributed by atoms with Crippen molar-refractivity contribution < 1.29 is 9.53 Å². The smallest absolute Gasteiger partial charge is 0.309 e. The van der Waals surface area contributed by atoms with Crippen molar-refractivity contribution in [2.24, 2.45) is 10.9 Å². The molecule has 0 bridgehead atoms. The molecule has 2 saturated carbocycles. The maximum absolute atomic E-state index is 12.1. The van der Waals surface area contributed by atoms with E-state index in [1.807, 2.05) is 27.8 Å². The van der Waals surface area contributed by atoms with Crippen LogP contribution < -0.4 is 10.6 Å². The zero-order chi connectivity index (χ0) is 15.5. The highest BCUT2D eigenvalue weighted by Crippen LogP contribution is 2.27. The minimum Gasteiger partial charge on any atom is -0.460 e. The van der Waals surface area contributed by atoms with Crippen LogP contribution in [0.25, 0.3) is 0 Å². The third-order valence-corrected chi connectivity index (χ3v) is 3.95. The SMILES string of the molecule is CN=C(NC1CC1)NC1CCC(C(=O)OC(C)(C)C)CC1. The lowest BCUT2D eigenvalue weighted by atomic mass is 9.86. The van der Waals surface area contributed by atoms with Crippen molar-refractivity contribution in [3.05, 3.63) is 0 Å². The third kappa shape index (κ3) is 5.56. The van der Waals surface area contributed by atoms with E-state index >= 15 is 0 Å². The van der Waals surface area contributed by atoms with Gasteiger partial charge in [0.25, 0.3) is 0 Å². The van der Waals surface area contributed by atoms with E-state index in [9.17, 15) is 4.79 Å². The fourth-order valence-electron chi connectivity index (χ4n) is 2.64. The molecule has 5 heteroatoms. The summed E-state index contributed by atoms with van der Waals surface area (Å²) in [6.07, 6.45) is 6.27. The van der Waals surface area contributed by atoms with Crippen LogP contribution in [-0.2, 0) is 9.53 Å². The Morgan fingerprint density at radius 1 is 1.00 bits per heavy atom. The van der Waals surface area contributed by atoms with Crippen LogP contribution in [-0.4, -0.2) is 36.7 Å². The van der Waals surface area contributed by atoms with Gasteiger partial charge in [0, 0.05) is 19.1 Å². The number of ether oxygens (including phenoxy) is 1. The van der Waals surface area contributed by atoms with Gasteiger partial charge < -0.3 is 15.4 Å². The van der Waals surface area contributed by atoms with Gasteiger partial charge in [-0.2, -0.15) is 0 Å². The number of nitrogens with zero attached hydrogens (tertiary/aromatic N) is 1. The number of rotatable bonds is 3. The van der Waals surface area contributed by atoms with E-state index in [0.717, 1.165) is 31.6 Å². The van der Waals surface area contributed by atoms with E-state index in [4.69, 9.17) is 4.74 Å². The average molecular weight is 295 g/mol. The van der Waals surface area contributed by atoms with E-state index in [-0.39, 0.29) is 17.5 Å². The van der Waals surface area contributed by atoms with Crippen LogP contribution in [0.15, 0.2) is 4.99 Å². The predicted octanol–water partition coefficient (Wildman–Crippen LogP) is 2.21. The number of carbonyl (C=O) groups excluding carboxylic acids is 1. The summed E-state index contributed by atoms with van der Waals surface area (Å²) < 4.78 is 5.48. The van der Waals surface area contributed by atoms with Crippen molar-refractivity contribution in [3.8, 4) is 0 Å². The summed E-state index contributed by atoms with van der Waals surface area (Å²) in [5.74, 6) is 0.917. The lowest BCUT2D eigenvalue weighted by molar-refractivity contribution is -0.161. The van der Waals surface area contributed by atoms with Crippen molar-refractivity contribution in [1.82, 2.24) is 10.6 Å². The van der Waals surface area contributed by atoms with Crippen LogP contribution in [0.3, 0.4) is 0 Å². The van der Waals surface area contributed by atoms with Gasteiger partial charge >= 0.3 is 5.97 Å². The van der Waals surface area contributed by atoms with E-state index in [2.05, 4.69) is 15.6 Å². The molecule has 0 aliphatic heterocycles. The second-order valence-electron chi connectivity index (χ2n) is 7.22. The Morgan fingerprint density at radius 2 is 1.48 bits per heavy atom. The van der Waals surface area contributed by atoms with E-state index in [0.29, 0.717) is 12.1 Å². The number of hydrogen-bond donors (Lipinski definition) is 2. The Hall–Kier alpha value is -1.26. The van der Waals surface area contributed by atoms with E-state index in [1.54, 1.807) is 0 Å². The molecule has 0 saturated heterocycles. The second kappa shape index (κ2) is 6.67. The molecule has 2 aliphatic rings. The molecule has 0 aromatic rings. The van der Waals surface area contributed by atoms with E-state index in [1.165, 1.54) is 12.8 Å². The number of guanidine groups is 1. The van der Waals surface area contributed by atoms with Crippen molar-refractivity contribution >= 4 is 11.9 Å². The van der Waals surface area contributed by atoms with Crippen LogP contribution in [0.4, 0.5) is 0 Å². The summed E-state index contributed by atoms with van der Waals surface area (Å²) in [6.45, 7) is 5.77. The molecule has 0 atom stereocenters. The van der Waals surface area contributed by atoms with Gasteiger partial charge in [-0.3, -0.25) is 9.79 Å². The minimum absolute atomic E-state index is 0.0403. The molecule has 0 amide bonds. The zero-order valence-corrected chi connectivity index (χ0v) is 13.7. The number of aliphatic imine (C=N–C) groups is 1. The van der Waals surface area contributed by atoms with Crippen molar-refractivity contribution in [2.45, 2.75) is 77.0 Å². The number of hydrogen-bond acceptors (Lipinski definition) is 3. The number of nitrogens with one attached hydrogen (secondary N) is 2. The van der Waals surface area contributed by atoms with Crippen LogP contribution in [0.2, 0.25) is 0 Å². The van der Waals surface area contributed by atoms with Crippen LogP contribution in [0, 0.1) is 5.92 Å². The maximum atomic E-state index is 12.1. The van der Waals surface area contributed by atoms with Gasteiger partial charge in [-0.25, -0.2) is 0 Å². The molecule has 0 radical (unpaired) electrons. The van der Waals surface area contributed by atoms with Gasteiger partial charge in [0.05, 0.1) is 5.92 Å². The van der Waals surface area contributed by atoms with Crippen molar-refractivity contribution in [2.75, 3.05) is 7.05 Å². The summed E-state index contributed by atoms with van der Waals surface area (Å²) in [4.78, 5) is 16.3. The highest BCUT2D eigenvalue weighted by Gasteiger charge is 2.30. The number of carbonyl (C=O) groups is 1. The highest BCUT2D eigenvalue weighted by atomic mass is 16.6. The normalized spacial score (nSPS) is 27.1. The van der Waals surface area contributed by atoms with Gasteiger partial charge in [0.1, 0.15) is 5.60 Å². The standard InChI is InChI=1S/C16H29N3O2/c1-16(2,3)21-14(20)11-5-7-12(8-6-11)18-15(17-4)19-13-9-10-13/h11-13H,5-10H2,1-4H3,(H2,17,18,19). The molecule has 0 aromatic heterocycles. The first-order valence-electron chi connectivity index (χ1n) is 8.10. The molecule has 21 heavy (non-hydrogen) atoms. The fraction of sp³-hybridized carbons (Fsp3) is 0.875. The first-order chi connectivity index (χ1) is 9.87. The van der Waals surface area contributed by atoms with Gasteiger partial charge in [0.15, 0.2) is 5.96 Å². The zero-order valence-electron chi connectivity index (χ0n) is 13.7. The topological polar surface area (TPSA) is 62.7 Å². The minimum atomic E-state index is -0.387. The summed E-state index contributed by atoms with van der Waals surface area (Å²) >= 11 is 0. The lowest BCUT2D eigenvalue weighted by Gasteiger charge is -2.31. The van der Waals surface area contributed by atoms with Gasteiger partial charge in [0.2, 0.25) is 0 Å². The van der Waals surface area contributed by atoms with Crippen LogP contribution in [0.1, 0.15) is 59.3 Å². The van der Waals surface area contributed by atoms with E-state index < -0.39 is 0 Å². The molecule has 0 spiro atoms. The molecule has 2 aliphatic carbocycles. The fourth-order valence-corrected chi connectivity index (χ4v) is 2.64. The molecule has 2 fully saturated rings. The maximum Gasteiger partial charge on any atom is 0.309 e. The van der Waals surface area contributed by atoms with Crippen LogP contribution in [0.5, 0.6) is 0 Å². The highest BCUT2D eigenvalue weighted by molar-refractivity contribution is 5.80. The van der Waals surface area contributed by atoms with Gasteiger partial charge in [-0.05, 0) is 59.3 Å². The molecule has 120 valence electrons. The Balaban J connectivity index is 1.73. The summed E-state index contributed by atoms with van der Waals surface area (Å²) in [5, 5.41) is 6.87. The molecule has 2 N–H and O–H groups in total. The molecular weight excluding hydrogens is 266 g/mol. The Kier molecular flexibility index (Phi) is 5.12. The Morgan fingerprint density at radius 3 is 1.86 bits per heavy atom. The quantitative estimate of drug-likeness (QED) is 0.476. The summed E-state index contributed by atoms with van der Waals surface area (Å²) in [5.41, 5.74) is -0.387. The summed E-state index contributed by atoms with van der Waals surface area (Å²) in [7, 11) is 1.81. The molecule has 0 unspecified atom stereocenters. The van der Waals surface area contributed by atoms with Crippen molar-refractivity contribution in [1.29, 1.82) is 0 Å². The molecular formula is C16H29N3O2. The number of esters is 1. The molecule has 5 nitrogen and oxygen atoms in total. The monoisotopic (exact) mass is 295 g/mol. The Bertz CT molecular complexity index is 389. The lowest BCUT2D eigenvalue weighted by Crippen LogP contribution is -2.46. The first-order valence-corrected chi connectivity index (χ1v) is 8.10. The van der Waals surface area contributed by atoms with Crippen LogP contribution >= 0.6 is 0 Å². The molecule has 2 rings (SSSR count). The molecule has 0 aromatic carbocycles. The Labute approximate surface area is 127 Å². The largest absolute Gasteiger partial charge is 0.460 e. The van der Waals surface area contributed by atoms with Gasteiger partial charge in [-0.15, -0.1) is 0 Å². The first kappa shape index (κ1) is 16.1. The predicted molar refractivity (Wildman–Crippen MR) is 84.2 cm³/mol. The average Bonchev–Trinajstić information content (AvgIpc) is 3.20. The van der Waals surface area contributed by atoms with Crippen molar-refractivity contribution in [3.63, 3.8) is 0 Å². The summed E-state index contributed by atoms with van der Waals surface area (Å²) in [6, 6.07) is 1.02. The molecule has 0 heterocycles. The second-order valence-corrected chi connectivity index (χ2v) is 7.22. The third-order valence-electron chi connectivity index (χ3n) is 3.95.